The van der Waals surface area contributed by atoms with Crippen LogP contribution in [-0.2, 0) is 4.79 Å². The summed E-state index contributed by atoms with van der Waals surface area (Å²) in [6, 6.07) is 7.12. The molecule has 2 rings (SSSR count). The monoisotopic (exact) mass is 289 g/mol. The van der Waals surface area contributed by atoms with Crippen molar-refractivity contribution in [2.45, 2.75) is 20.3 Å². The quantitative estimate of drug-likeness (QED) is 0.745. The van der Waals surface area contributed by atoms with Gasteiger partial charge in [-0.15, -0.1) is 0 Å². The predicted octanol–water partition coefficient (Wildman–Crippen LogP) is 1.62. The number of anilines is 1. The predicted molar refractivity (Wildman–Crippen MR) is 83.2 cm³/mol. The van der Waals surface area contributed by atoms with E-state index in [2.05, 4.69) is 16.0 Å². The summed E-state index contributed by atoms with van der Waals surface area (Å²) in [6.07, 6.45) is 0.495. The lowest BCUT2D eigenvalue weighted by molar-refractivity contribution is -0.117. The Morgan fingerprint density at radius 3 is 2.62 bits per heavy atom. The molecule has 1 heterocycles. The lowest BCUT2D eigenvalue weighted by Crippen LogP contribution is -2.43. The molecule has 3 N–H and O–H groups in total. The highest BCUT2D eigenvalue weighted by Gasteiger charge is 2.21. The van der Waals surface area contributed by atoms with Crippen molar-refractivity contribution in [1.29, 1.82) is 0 Å². The number of benzene rings is 1. The third-order valence-corrected chi connectivity index (χ3v) is 3.46. The van der Waals surface area contributed by atoms with Crippen LogP contribution in [-0.4, -0.2) is 31.4 Å². The van der Waals surface area contributed by atoms with E-state index >= 15 is 0 Å². The molecule has 114 valence electrons. The first kappa shape index (κ1) is 15.5. The zero-order valence-corrected chi connectivity index (χ0v) is 12.6. The summed E-state index contributed by atoms with van der Waals surface area (Å²) in [5.74, 6) is 0.615. The average molecular weight is 289 g/mol. The molecule has 0 saturated carbocycles. The second-order valence-electron chi connectivity index (χ2n) is 5.93. The van der Waals surface area contributed by atoms with Crippen molar-refractivity contribution in [3.8, 4) is 0 Å². The second-order valence-corrected chi connectivity index (χ2v) is 5.93. The van der Waals surface area contributed by atoms with Gasteiger partial charge in [0, 0.05) is 13.0 Å². The van der Waals surface area contributed by atoms with Crippen LogP contribution in [0.3, 0.4) is 0 Å². The second kappa shape index (κ2) is 7.22. The van der Waals surface area contributed by atoms with Gasteiger partial charge in [0.2, 0.25) is 5.91 Å². The van der Waals surface area contributed by atoms with Crippen molar-refractivity contribution in [2.75, 3.05) is 25.0 Å². The Hall–Kier alpha value is -1.88. The van der Waals surface area contributed by atoms with Gasteiger partial charge in [-0.2, -0.15) is 0 Å². The summed E-state index contributed by atoms with van der Waals surface area (Å²) >= 11 is 0. The smallest absolute Gasteiger partial charge is 0.253 e. The fourth-order valence-corrected chi connectivity index (χ4v) is 2.14. The molecule has 1 aliphatic rings. The molecular weight excluding hydrogens is 266 g/mol. The van der Waals surface area contributed by atoms with E-state index in [1.807, 2.05) is 19.9 Å². The SMILES string of the molecule is CC(C)CNC(=O)c1ccccc1NC(=O)CC1CNC1. The van der Waals surface area contributed by atoms with Gasteiger partial charge in [0.1, 0.15) is 0 Å². The molecule has 0 radical (unpaired) electrons. The van der Waals surface area contributed by atoms with Crippen molar-refractivity contribution in [3.63, 3.8) is 0 Å². The fraction of sp³-hybridized carbons (Fsp3) is 0.500. The maximum atomic E-state index is 12.2. The summed E-state index contributed by atoms with van der Waals surface area (Å²) in [4.78, 5) is 24.2. The summed E-state index contributed by atoms with van der Waals surface area (Å²) in [7, 11) is 0. The Kier molecular flexibility index (Phi) is 5.33. The molecule has 0 unspecified atom stereocenters. The minimum atomic E-state index is -0.148. The fourth-order valence-electron chi connectivity index (χ4n) is 2.14. The number of hydrogen-bond donors (Lipinski definition) is 3. The highest BCUT2D eigenvalue weighted by Crippen LogP contribution is 2.17. The molecule has 5 nitrogen and oxygen atoms in total. The Labute approximate surface area is 125 Å². The molecule has 1 aliphatic heterocycles. The molecule has 1 saturated heterocycles. The molecule has 0 atom stereocenters. The van der Waals surface area contributed by atoms with E-state index in [-0.39, 0.29) is 11.8 Å². The number of para-hydroxylation sites is 1. The van der Waals surface area contributed by atoms with Gasteiger partial charge in [0.15, 0.2) is 0 Å². The van der Waals surface area contributed by atoms with Gasteiger partial charge in [-0.25, -0.2) is 0 Å². The normalized spacial score (nSPS) is 14.6. The van der Waals surface area contributed by atoms with Gasteiger partial charge in [0.05, 0.1) is 11.3 Å². The zero-order chi connectivity index (χ0) is 15.2. The van der Waals surface area contributed by atoms with E-state index in [1.165, 1.54) is 0 Å². The van der Waals surface area contributed by atoms with Crippen molar-refractivity contribution in [3.05, 3.63) is 29.8 Å². The largest absolute Gasteiger partial charge is 0.352 e. The minimum absolute atomic E-state index is 0.0365. The molecule has 1 fully saturated rings. The van der Waals surface area contributed by atoms with Crippen molar-refractivity contribution in [1.82, 2.24) is 10.6 Å². The van der Waals surface area contributed by atoms with Gasteiger partial charge < -0.3 is 16.0 Å². The molecule has 0 aromatic heterocycles. The van der Waals surface area contributed by atoms with Crippen LogP contribution >= 0.6 is 0 Å². The van der Waals surface area contributed by atoms with Gasteiger partial charge in [-0.3, -0.25) is 9.59 Å². The van der Waals surface area contributed by atoms with Gasteiger partial charge in [0.25, 0.3) is 5.91 Å². The van der Waals surface area contributed by atoms with Crippen LogP contribution in [0.2, 0.25) is 0 Å². The Bertz CT molecular complexity index is 510. The standard InChI is InChI=1S/C16H23N3O2/c1-11(2)8-18-16(21)13-5-3-4-6-14(13)19-15(20)7-12-9-17-10-12/h3-6,11-12,17H,7-10H2,1-2H3,(H,18,21)(H,19,20). The van der Waals surface area contributed by atoms with E-state index in [0.29, 0.717) is 36.1 Å². The summed E-state index contributed by atoms with van der Waals surface area (Å²) in [5.41, 5.74) is 1.09. The number of carbonyl (C=O) groups is 2. The number of amides is 2. The number of nitrogens with one attached hydrogen (secondary N) is 3. The minimum Gasteiger partial charge on any atom is -0.352 e. The first-order valence-electron chi connectivity index (χ1n) is 7.44. The van der Waals surface area contributed by atoms with Crippen molar-refractivity contribution < 1.29 is 9.59 Å². The Morgan fingerprint density at radius 1 is 1.29 bits per heavy atom. The first-order valence-corrected chi connectivity index (χ1v) is 7.44. The summed E-state index contributed by atoms with van der Waals surface area (Å²) in [6.45, 7) is 6.49. The number of carbonyl (C=O) groups excluding carboxylic acids is 2. The average Bonchev–Trinajstić information content (AvgIpc) is 2.41. The Morgan fingerprint density at radius 2 is 2.00 bits per heavy atom. The van der Waals surface area contributed by atoms with Crippen molar-refractivity contribution in [2.24, 2.45) is 11.8 Å². The van der Waals surface area contributed by atoms with E-state index in [4.69, 9.17) is 0 Å². The van der Waals surface area contributed by atoms with Crippen LogP contribution in [0.5, 0.6) is 0 Å². The zero-order valence-electron chi connectivity index (χ0n) is 12.6. The van der Waals surface area contributed by atoms with Gasteiger partial charge >= 0.3 is 0 Å². The van der Waals surface area contributed by atoms with Crippen LogP contribution in [0.4, 0.5) is 5.69 Å². The number of hydrogen-bond acceptors (Lipinski definition) is 3. The molecule has 1 aromatic carbocycles. The summed E-state index contributed by atoms with van der Waals surface area (Å²) < 4.78 is 0. The molecule has 0 spiro atoms. The van der Waals surface area contributed by atoms with Crippen LogP contribution in [0.25, 0.3) is 0 Å². The maximum Gasteiger partial charge on any atom is 0.253 e. The third kappa shape index (κ3) is 4.56. The van der Waals surface area contributed by atoms with Crippen LogP contribution < -0.4 is 16.0 Å². The lowest BCUT2D eigenvalue weighted by Gasteiger charge is -2.26. The van der Waals surface area contributed by atoms with E-state index in [1.54, 1.807) is 18.2 Å². The van der Waals surface area contributed by atoms with E-state index < -0.39 is 0 Å². The van der Waals surface area contributed by atoms with Crippen molar-refractivity contribution >= 4 is 17.5 Å². The lowest BCUT2D eigenvalue weighted by atomic mass is 9.99. The highest BCUT2D eigenvalue weighted by molar-refractivity contribution is 6.03. The molecule has 5 heteroatoms. The van der Waals surface area contributed by atoms with E-state index in [9.17, 15) is 9.59 Å². The molecule has 21 heavy (non-hydrogen) atoms. The van der Waals surface area contributed by atoms with E-state index in [0.717, 1.165) is 13.1 Å². The maximum absolute atomic E-state index is 12.2. The van der Waals surface area contributed by atoms with Crippen LogP contribution in [0.1, 0.15) is 30.6 Å². The molecular formula is C16H23N3O2. The summed E-state index contributed by atoms with van der Waals surface area (Å²) in [5, 5.41) is 8.87. The van der Waals surface area contributed by atoms with Crippen LogP contribution in [0, 0.1) is 11.8 Å². The Balaban J connectivity index is 1.98. The molecule has 0 aliphatic carbocycles. The molecule has 0 bridgehead atoms. The highest BCUT2D eigenvalue weighted by atomic mass is 16.2. The van der Waals surface area contributed by atoms with Crippen LogP contribution in [0.15, 0.2) is 24.3 Å². The first-order chi connectivity index (χ1) is 10.1. The molecule has 1 aromatic rings. The van der Waals surface area contributed by atoms with Gasteiger partial charge in [-0.05, 0) is 37.1 Å². The number of rotatable bonds is 6. The third-order valence-electron chi connectivity index (χ3n) is 3.46. The van der Waals surface area contributed by atoms with Gasteiger partial charge in [-0.1, -0.05) is 26.0 Å². The topological polar surface area (TPSA) is 70.2 Å². The molecule has 2 amide bonds.